The van der Waals surface area contributed by atoms with Crippen molar-refractivity contribution < 1.29 is 0 Å². The van der Waals surface area contributed by atoms with Crippen LogP contribution in [0.2, 0.25) is 0 Å². The lowest BCUT2D eigenvalue weighted by atomic mass is 10.1. The van der Waals surface area contributed by atoms with Crippen molar-refractivity contribution in [2.45, 2.75) is 26.2 Å². The molecule has 0 amide bonds. The zero-order valence-corrected chi connectivity index (χ0v) is 7.96. The Morgan fingerprint density at radius 3 is 2.77 bits per heavy atom. The molecule has 1 rings (SSSR count). The van der Waals surface area contributed by atoms with Crippen molar-refractivity contribution >= 4 is 0 Å². The predicted octanol–water partition coefficient (Wildman–Crippen LogP) is 0.416. The van der Waals surface area contributed by atoms with E-state index in [1.807, 2.05) is 0 Å². The molecule has 1 heterocycles. The van der Waals surface area contributed by atoms with Gasteiger partial charge in [0.1, 0.15) is 0 Å². The highest BCUT2D eigenvalue weighted by Gasteiger charge is 2.00. The van der Waals surface area contributed by atoms with Gasteiger partial charge in [0.25, 0.3) is 5.56 Å². The fourth-order valence-electron chi connectivity index (χ4n) is 1.16. The summed E-state index contributed by atoms with van der Waals surface area (Å²) in [4.78, 5) is 24.5. The number of hydrogen-bond acceptors (Lipinski definition) is 2. The molecule has 1 aromatic rings. The van der Waals surface area contributed by atoms with Gasteiger partial charge in [-0.25, -0.2) is 4.79 Å². The van der Waals surface area contributed by atoms with Gasteiger partial charge in [-0.3, -0.25) is 9.78 Å². The maximum atomic E-state index is 11.2. The van der Waals surface area contributed by atoms with Crippen molar-refractivity contribution in [2.24, 2.45) is 7.05 Å². The summed E-state index contributed by atoms with van der Waals surface area (Å²) in [5, 5.41) is 0. The number of hydrogen-bond donors (Lipinski definition) is 1. The maximum Gasteiger partial charge on any atom is 0.328 e. The third-order valence-electron chi connectivity index (χ3n) is 1.98. The van der Waals surface area contributed by atoms with Crippen molar-refractivity contribution in [1.82, 2.24) is 9.55 Å². The summed E-state index contributed by atoms with van der Waals surface area (Å²) in [7, 11) is 1.63. The van der Waals surface area contributed by atoms with Crippen LogP contribution < -0.4 is 11.2 Å². The molecule has 0 aromatic carbocycles. The largest absolute Gasteiger partial charge is 0.328 e. The molecular weight excluding hydrogens is 168 g/mol. The summed E-state index contributed by atoms with van der Waals surface area (Å²) in [5.74, 6) is 0. The average molecular weight is 182 g/mol. The van der Waals surface area contributed by atoms with Crippen LogP contribution >= 0.6 is 0 Å². The molecule has 0 saturated carbocycles. The summed E-state index contributed by atoms with van der Waals surface area (Å²) in [5.41, 5.74) is 0.0748. The van der Waals surface area contributed by atoms with Gasteiger partial charge in [0.05, 0.1) is 0 Å². The third kappa shape index (κ3) is 2.31. The van der Waals surface area contributed by atoms with E-state index in [4.69, 9.17) is 0 Å². The summed E-state index contributed by atoms with van der Waals surface area (Å²) >= 11 is 0. The Labute approximate surface area is 76.2 Å². The lowest BCUT2D eigenvalue weighted by Gasteiger charge is -2.00. The lowest BCUT2D eigenvalue weighted by Crippen LogP contribution is -2.29. The second kappa shape index (κ2) is 4.07. The second-order valence-corrected chi connectivity index (χ2v) is 3.13. The molecule has 0 saturated heterocycles. The molecule has 0 radical (unpaired) electrons. The van der Waals surface area contributed by atoms with E-state index in [9.17, 15) is 9.59 Å². The predicted molar refractivity (Wildman–Crippen MR) is 50.9 cm³/mol. The topological polar surface area (TPSA) is 54.9 Å². The van der Waals surface area contributed by atoms with Crippen LogP contribution in [-0.2, 0) is 13.5 Å². The van der Waals surface area contributed by atoms with Gasteiger partial charge < -0.3 is 4.57 Å². The molecular formula is C9H14N2O2. The van der Waals surface area contributed by atoms with Gasteiger partial charge >= 0.3 is 5.69 Å². The van der Waals surface area contributed by atoms with Crippen molar-refractivity contribution in [3.63, 3.8) is 0 Å². The highest BCUT2D eigenvalue weighted by molar-refractivity contribution is 5.04. The van der Waals surface area contributed by atoms with Gasteiger partial charge in [0.2, 0.25) is 0 Å². The molecule has 0 spiro atoms. The quantitative estimate of drug-likeness (QED) is 0.736. The minimum atomic E-state index is -0.356. The van der Waals surface area contributed by atoms with Gasteiger partial charge in [-0.1, -0.05) is 13.3 Å². The van der Waals surface area contributed by atoms with Crippen molar-refractivity contribution in [3.8, 4) is 0 Å². The monoisotopic (exact) mass is 182 g/mol. The highest BCUT2D eigenvalue weighted by atomic mass is 16.2. The lowest BCUT2D eigenvalue weighted by molar-refractivity contribution is 0.736. The standard InChI is InChI=1S/C9H14N2O2/c1-3-4-5-7-6-11(2)9(13)10-8(7)12/h6H,3-5H2,1-2H3,(H,10,12,13). The molecule has 1 aromatic heterocycles. The van der Waals surface area contributed by atoms with Crippen molar-refractivity contribution in [1.29, 1.82) is 0 Å². The number of aryl methyl sites for hydroxylation is 2. The molecule has 0 aliphatic rings. The molecule has 72 valence electrons. The minimum absolute atomic E-state index is 0.253. The van der Waals surface area contributed by atoms with E-state index in [0.717, 1.165) is 19.3 Å². The molecule has 0 unspecified atom stereocenters. The SMILES string of the molecule is CCCCc1cn(C)c(=O)[nH]c1=O. The number of unbranched alkanes of at least 4 members (excludes halogenated alkanes) is 1. The van der Waals surface area contributed by atoms with Crippen LogP contribution in [0.1, 0.15) is 25.3 Å². The molecule has 4 nitrogen and oxygen atoms in total. The number of rotatable bonds is 3. The Balaban J connectivity index is 3.02. The fourth-order valence-corrected chi connectivity index (χ4v) is 1.16. The van der Waals surface area contributed by atoms with E-state index in [-0.39, 0.29) is 11.2 Å². The van der Waals surface area contributed by atoms with Crippen LogP contribution in [0.4, 0.5) is 0 Å². The zero-order chi connectivity index (χ0) is 9.84. The van der Waals surface area contributed by atoms with E-state index in [1.54, 1.807) is 13.2 Å². The third-order valence-corrected chi connectivity index (χ3v) is 1.98. The van der Waals surface area contributed by atoms with Crippen LogP contribution in [0.25, 0.3) is 0 Å². The fraction of sp³-hybridized carbons (Fsp3) is 0.556. The van der Waals surface area contributed by atoms with Crippen LogP contribution in [0, 0.1) is 0 Å². The first-order valence-corrected chi connectivity index (χ1v) is 4.44. The van der Waals surface area contributed by atoms with E-state index >= 15 is 0 Å². The summed E-state index contributed by atoms with van der Waals surface area (Å²) in [6, 6.07) is 0. The average Bonchev–Trinajstić information content (AvgIpc) is 2.09. The molecule has 0 fully saturated rings. The number of H-pyrrole nitrogens is 1. The van der Waals surface area contributed by atoms with E-state index in [1.165, 1.54) is 4.57 Å². The van der Waals surface area contributed by atoms with E-state index < -0.39 is 0 Å². The van der Waals surface area contributed by atoms with Gasteiger partial charge in [0.15, 0.2) is 0 Å². The maximum absolute atomic E-state index is 11.2. The second-order valence-electron chi connectivity index (χ2n) is 3.13. The Morgan fingerprint density at radius 2 is 2.15 bits per heavy atom. The first kappa shape index (κ1) is 9.77. The zero-order valence-electron chi connectivity index (χ0n) is 7.96. The van der Waals surface area contributed by atoms with Gasteiger partial charge in [-0.2, -0.15) is 0 Å². The molecule has 13 heavy (non-hydrogen) atoms. The molecule has 0 atom stereocenters. The summed E-state index contributed by atoms with van der Waals surface area (Å²) < 4.78 is 1.40. The Bertz CT molecular complexity index is 389. The minimum Gasteiger partial charge on any atom is -0.303 e. The normalized spacial score (nSPS) is 10.3. The molecule has 0 aliphatic heterocycles. The van der Waals surface area contributed by atoms with Crippen LogP contribution in [0.3, 0.4) is 0 Å². The Kier molecular flexibility index (Phi) is 3.06. The Hall–Kier alpha value is -1.32. The van der Waals surface area contributed by atoms with Crippen molar-refractivity contribution in [3.05, 3.63) is 32.6 Å². The Morgan fingerprint density at radius 1 is 1.46 bits per heavy atom. The van der Waals surface area contributed by atoms with Crippen molar-refractivity contribution in [2.75, 3.05) is 0 Å². The van der Waals surface area contributed by atoms with Gasteiger partial charge in [-0.05, 0) is 12.8 Å². The molecule has 0 aliphatic carbocycles. The first-order chi connectivity index (χ1) is 6.15. The van der Waals surface area contributed by atoms with E-state index in [2.05, 4.69) is 11.9 Å². The molecule has 4 heteroatoms. The van der Waals surface area contributed by atoms with Crippen LogP contribution in [0.5, 0.6) is 0 Å². The number of aromatic amines is 1. The van der Waals surface area contributed by atoms with E-state index in [0.29, 0.717) is 5.56 Å². The van der Waals surface area contributed by atoms with Gasteiger partial charge in [0, 0.05) is 18.8 Å². The molecule has 1 N–H and O–H groups in total. The highest BCUT2D eigenvalue weighted by Crippen LogP contribution is 1.96. The van der Waals surface area contributed by atoms with Crippen LogP contribution in [0.15, 0.2) is 15.8 Å². The summed E-state index contributed by atoms with van der Waals surface area (Å²) in [6.45, 7) is 2.07. The number of aromatic nitrogens is 2. The number of nitrogens with one attached hydrogen (secondary N) is 1. The first-order valence-electron chi connectivity index (χ1n) is 4.44. The smallest absolute Gasteiger partial charge is 0.303 e. The summed E-state index contributed by atoms with van der Waals surface area (Å²) in [6.07, 6.45) is 4.36. The van der Waals surface area contributed by atoms with Gasteiger partial charge in [-0.15, -0.1) is 0 Å². The molecule has 0 bridgehead atoms. The number of nitrogens with zero attached hydrogens (tertiary/aromatic N) is 1. The van der Waals surface area contributed by atoms with Crippen LogP contribution in [-0.4, -0.2) is 9.55 Å².